The maximum Gasteiger partial charge on any atom is 0.646 e. The molecule has 0 fully saturated rings. The van der Waals surface area contributed by atoms with Gasteiger partial charge in [-0.1, -0.05) is 37.3 Å². The second kappa shape index (κ2) is 21.5. The predicted molar refractivity (Wildman–Crippen MR) is 291 cm³/mol. The molecule has 0 unspecified atom stereocenters. The van der Waals surface area contributed by atoms with Gasteiger partial charge in [0, 0.05) is 0 Å². The quantitative estimate of drug-likeness (QED) is 0.0782. The van der Waals surface area contributed by atoms with Crippen LogP contribution in [-0.4, -0.2) is 111 Å². The van der Waals surface area contributed by atoms with Gasteiger partial charge < -0.3 is 49.4 Å². The highest BCUT2D eigenvalue weighted by atomic mass is 28.6. The maximum atomic E-state index is 7.86. The van der Waals surface area contributed by atoms with Crippen molar-refractivity contribution in [3.05, 3.63) is 41.6 Å². The van der Waals surface area contributed by atoms with Crippen LogP contribution in [0.2, 0.25) is 177 Å². The molecule has 0 aliphatic carbocycles. The molecule has 0 aromatic heterocycles. The van der Waals surface area contributed by atoms with Gasteiger partial charge in [0.25, 0.3) is 0 Å². The molecule has 0 atom stereocenters. The summed E-state index contributed by atoms with van der Waals surface area (Å²) in [6.07, 6.45) is 0.703. The first-order chi connectivity index (χ1) is 27.0. The minimum atomic E-state index is -4.64. The van der Waals surface area contributed by atoms with Crippen molar-refractivity contribution in [2.45, 2.75) is 190 Å². The zero-order valence-corrected chi connectivity index (χ0v) is 57.6. The molecule has 25 heteroatoms. The van der Waals surface area contributed by atoms with Crippen LogP contribution < -0.4 is 0 Å². The van der Waals surface area contributed by atoms with E-state index in [0.717, 1.165) is 11.1 Å². The van der Waals surface area contributed by atoms with Gasteiger partial charge in [-0.25, -0.2) is 0 Å². The molecule has 1 aromatic carbocycles. The van der Waals surface area contributed by atoms with E-state index in [2.05, 4.69) is 214 Å². The summed E-state index contributed by atoms with van der Waals surface area (Å²) >= 11 is 0. The standard InChI is InChI=1S/C37H92O12Si13/c1-29-36(37-33-31-30-32-34-37)35-59(38-50(2,3)4,39-51(5,6)7)47-61(43-55(17,18)19,44-56(20,21)22)49-62(45-57(23,24)25,46-58(26,27)28)48-60(40-52(8,9)10,41-53(11,12)13)42-54(14,15)16/h30-35H,29H2,1-28H3. The Bertz CT molecular complexity index is 1490. The molecular weight excluding hydrogens is 1000 g/mol. The Morgan fingerprint density at radius 3 is 0.774 bits per heavy atom. The minimum Gasteiger partial charge on any atom is -0.414 e. The largest absolute Gasteiger partial charge is 0.646 e. The molecule has 0 bridgehead atoms. The fraction of sp³-hybridized carbons (Fsp3) is 0.784. The fourth-order valence-corrected chi connectivity index (χ4v) is 50.3. The third kappa shape index (κ3) is 26.2. The summed E-state index contributed by atoms with van der Waals surface area (Å²) in [6, 6.07) is 10.4. The Hall–Kier alpha value is 1.30. The van der Waals surface area contributed by atoms with Crippen LogP contribution in [0.15, 0.2) is 36.0 Å². The van der Waals surface area contributed by atoms with Crippen molar-refractivity contribution in [1.82, 2.24) is 0 Å². The first-order valence-corrected chi connectivity index (χ1v) is 59.6. The van der Waals surface area contributed by atoms with Gasteiger partial charge in [-0.05, 0) is 200 Å². The lowest BCUT2D eigenvalue weighted by molar-refractivity contribution is 0.0253. The van der Waals surface area contributed by atoms with E-state index in [9.17, 15) is 0 Å². The third-order valence-corrected chi connectivity index (χ3v) is 44.7. The van der Waals surface area contributed by atoms with Gasteiger partial charge in [-0.2, -0.15) is 0 Å². The van der Waals surface area contributed by atoms with Crippen LogP contribution >= 0.6 is 0 Å². The molecule has 0 aliphatic rings. The summed E-state index contributed by atoms with van der Waals surface area (Å²) in [4.78, 5) is 0. The molecule has 0 spiro atoms. The number of hydrogen-bond acceptors (Lipinski definition) is 12. The second-order valence-electron chi connectivity index (χ2n) is 24.7. The second-order valence-corrected chi connectivity index (χ2v) is 77.0. The average molecular weight is 1090 g/mol. The Balaban J connectivity index is 4.94. The normalized spacial score (nSPS) is 15.7. The molecule has 0 saturated carbocycles. The highest BCUT2D eigenvalue weighted by Crippen LogP contribution is 2.40. The molecule has 12 nitrogen and oxygen atoms in total. The van der Waals surface area contributed by atoms with E-state index in [0.29, 0.717) is 6.42 Å². The van der Waals surface area contributed by atoms with Crippen LogP contribution in [0.4, 0.5) is 0 Å². The average Bonchev–Trinajstić information content (AvgIpc) is 2.86. The molecule has 0 heterocycles. The van der Waals surface area contributed by atoms with E-state index in [1.807, 2.05) is 6.07 Å². The van der Waals surface area contributed by atoms with Crippen LogP contribution in [0.1, 0.15) is 18.9 Å². The van der Waals surface area contributed by atoms with Gasteiger partial charge in [0.15, 0.2) is 74.9 Å². The van der Waals surface area contributed by atoms with Gasteiger partial charge in [-0.3, -0.25) is 0 Å². The van der Waals surface area contributed by atoms with Gasteiger partial charge in [0.1, 0.15) is 0 Å². The zero-order valence-electron chi connectivity index (χ0n) is 44.6. The van der Waals surface area contributed by atoms with E-state index in [1.165, 1.54) is 0 Å². The Labute approximate surface area is 394 Å². The number of allylic oxidation sites excluding steroid dienone is 1. The molecule has 0 radical (unpaired) electrons. The molecule has 1 rings (SSSR count). The fourth-order valence-electron chi connectivity index (χ4n) is 5.74. The monoisotopic (exact) mass is 1090 g/mol. The third-order valence-electron chi connectivity index (χ3n) is 6.56. The lowest BCUT2D eigenvalue weighted by Crippen LogP contribution is -2.76. The smallest absolute Gasteiger partial charge is 0.414 e. The van der Waals surface area contributed by atoms with E-state index in [4.69, 9.17) is 49.4 Å². The highest BCUT2D eigenvalue weighted by Gasteiger charge is 2.72. The molecule has 364 valence electrons. The number of hydrogen-bond donors (Lipinski definition) is 0. The molecule has 0 amide bonds. The summed E-state index contributed by atoms with van der Waals surface area (Å²) in [5, 5.41) is 0. The van der Waals surface area contributed by atoms with Crippen LogP contribution in [-0.2, 0) is 49.4 Å². The van der Waals surface area contributed by atoms with E-state index >= 15 is 0 Å². The maximum absolute atomic E-state index is 7.86. The number of rotatable bonds is 27. The summed E-state index contributed by atoms with van der Waals surface area (Å²) < 4.78 is 89.6. The van der Waals surface area contributed by atoms with Crippen LogP contribution in [0, 0.1) is 0 Å². The van der Waals surface area contributed by atoms with E-state index in [1.54, 1.807) is 0 Å². The highest BCUT2D eigenvalue weighted by molar-refractivity contribution is 6.97. The van der Waals surface area contributed by atoms with Crippen LogP contribution in [0.25, 0.3) is 5.57 Å². The molecule has 0 saturated heterocycles. The minimum absolute atomic E-state index is 0.703. The predicted octanol–water partition coefficient (Wildman–Crippen LogP) is 13.0. The van der Waals surface area contributed by atoms with Crippen molar-refractivity contribution < 1.29 is 49.4 Å². The molecule has 0 N–H and O–H groups in total. The van der Waals surface area contributed by atoms with Crippen molar-refractivity contribution in [3.8, 4) is 0 Å². The Morgan fingerprint density at radius 2 is 0.548 bits per heavy atom. The zero-order chi connectivity index (χ0) is 49.1. The van der Waals surface area contributed by atoms with Gasteiger partial charge in [0.05, 0.1) is 0 Å². The lowest BCUT2D eigenvalue weighted by atomic mass is 10.1. The topological polar surface area (TPSA) is 111 Å². The van der Waals surface area contributed by atoms with Gasteiger partial charge in [-0.15, -0.1) is 0 Å². The first kappa shape index (κ1) is 61.3. The van der Waals surface area contributed by atoms with Crippen molar-refractivity contribution in [2.24, 2.45) is 0 Å². The lowest BCUT2D eigenvalue weighted by Gasteiger charge is -2.50. The molecule has 1 aromatic rings. The summed E-state index contributed by atoms with van der Waals surface area (Å²) in [6.45, 7) is 59.6. The molecular formula is C37H92O12Si13. The van der Waals surface area contributed by atoms with Crippen molar-refractivity contribution in [2.75, 3.05) is 0 Å². The molecule has 62 heavy (non-hydrogen) atoms. The summed E-state index contributed by atoms with van der Waals surface area (Å²) in [5.74, 6) is 0. The van der Waals surface area contributed by atoms with E-state index < -0.39 is 111 Å². The van der Waals surface area contributed by atoms with E-state index in [-0.39, 0.29) is 0 Å². The summed E-state index contributed by atoms with van der Waals surface area (Å²) in [5.41, 5.74) is 4.22. The van der Waals surface area contributed by atoms with Gasteiger partial charge in [0.2, 0.25) is 0 Å². The Morgan fingerprint density at radius 1 is 0.323 bits per heavy atom. The summed E-state index contributed by atoms with van der Waals surface area (Å²) in [7, 11) is -40.6. The number of benzene rings is 1. The molecule has 0 aliphatic heterocycles. The van der Waals surface area contributed by atoms with Gasteiger partial charge >= 0.3 is 35.9 Å². The first-order valence-electron chi connectivity index (χ1n) is 22.2. The van der Waals surface area contributed by atoms with Crippen molar-refractivity contribution >= 4 is 116 Å². The SMILES string of the molecule is CCC(=C[Si](O[Si](C)(C)C)(O[Si](C)(C)C)O[Si](O[Si](C)(C)C)(O[Si](C)(C)C)O[Si](O[Si](C)(C)C)(O[Si](C)(C)C)O[Si](O[Si](C)(C)C)(O[Si](C)(C)C)O[Si](C)(C)C)c1ccccc1. The van der Waals surface area contributed by atoms with Crippen LogP contribution in [0.5, 0.6) is 0 Å². The van der Waals surface area contributed by atoms with Crippen molar-refractivity contribution in [1.29, 1.82) is 0 Å². The van der Waals surface area contributed by atoms with Crippen molar-refractivity contribution in [3.63, 3.8) is 0 Å². The van der Waals surface area contributed by atoms with Crippen LogP contribution in [0.3, 0.4) is 0 Å². The Kier molecular flexibility index (Phi) is 21.3.